The van der Waals surface area contributed by atoms with Gasteiger partial charge in [-0.25, -0.2) is 0 Å². The summed E-state index contributed by atoms with van der Waals surface area (Å²) in [6, 6.07) is 12.3. The smallest absolute Gasteiger partial charge is 0.295 e. The van der Waals surface area contributed by atoms with Gasteiger partial charge in [0.15, 0.2) is 0 Å². The molecular formula is C25H30N2O4. The Kier molecular flexibility index (Phi) is 6.81. The summed E-state index contributed by atoms with van der Waals surface area (Å²) in [5, 5.41) is 11.2. The zero-order chi connectivity index (χ0) is 22.7. The molecule has 0 saturated carbocycles. The number of likely N-dealkylation sites (tertiary alicyclic amines) is 1. The SMILES string of the molecule is CCOc1ccc(C(O)=C2C(=O)C(=O)N(CCN(C)C)[C@@H]2c2ccc(C)cc2)cc1C. The molecule has 1 heterocycles. The Morgan fingerprint density at radius 1 is 1.10 bits per heavy atom. The summed E-state index contributed by atoms with van der Waals surface area (Å²) >= 11 is 0. The minimum Gasteiger partial charge on any atom is -0.507 e. The van der Waals surface area contributed by atoms with E-state index in [0.717, 1.165) is 22.4 Å². The fraction of sp³-hybridized carbons (Fsp3) is 0.360. The number of aryl methyl sites for hydroxylation is 2. The van der Waals surface area contributed by atoms with E-state index in [-0.39, 0.29) is 11.3 Å². The lowest BCUT2D eigenvalue weighted by atomic mass is 9.94. The third kappa shape index (κ3) is 4.64. The average molecular weight is 423 g/mol. The minimum absolute atomic E-state index is 0.121. The number of ketones is 1. The number of nitrogens with zero attached hydrogens (tertiary/aromatic N) is 2. The largest absolute Gasteiger partial charge is 0.507 e. The second-order valence-electron chi connectivity index (χ2n) is 8.12. The van der Waals surface area contributed by atoms with Gasteiger partial charge in [0.05, 0.1) is 18.2 Å². The molecule has 1 amide bonds. The van der Waals surface area contributed by atoms with E-state index in [1.54, 1.807) is 23.1 Å². The second-order valence-corrected chi connectivity index (χ2v) is 8.12. The predicted molar refractivity (Wildman–Crippen MR) is 121 cm³/mol. The maximum atomic E-state index is 13.0. The molecule has 1 aliphatic rings. The van der Waals surface area contributed by atoms with Gasteiger partial charge in [0, 0.05) is 18.7 Å². The van der Waals surface area contributed by atoms with Crippen LogP contribution < -0.4 is 4.74 Å². The number of hydrogen-bond acceptors (Lipinski definition) is 5. The highest BCUT2D eigenvalue weighted by atomic mass is 16.5. The highest BCUT2D eigenvalue weighted by Crippen LogP contribution is 2.39. The van der Waals surface area contributed by atoms with Crippen LogP contribution in [0.25, 0.3) is 5.76 Å². The lowest BCUT2D eigenvalue weighted by molar-refractivity contribution is -0.140. The van der Waals surface area contributed by atoms with Gasteiger partial charge < -0.3 is 19.6 Å². The summed E-state index contributed by atoms with van der Waals surface area (Å²) in [6.45, 7) is 7.30. The molecule has 1 saturated heterocycles. The summed E-state index contributed by atoms with van der Waals surface area (Å²) < 4.78 is 5.58. The summed E-state index contributed by atoms with van der Waals surface area (Å²) in [5.41, 5.74) is 3.34. The lowest BCUT2D eigenvalue weighted by Crippen LogP contribution is -2.35. The van der Waals surface area contributed by atoms with E-state index in [4.69, 9.17) is 4.74 Å². The molecule has 6 heteroatoms. The quantitative estimate of drug-likeness (QED) is 0.419. The number of Topliss-reactive ketones (excluding diaryl/α,β-unsaturated/α-hetero) is 1. The number of aliphatic hydroxyl groups excluding tert-OH is 1. The van der Waals surface area contributed by atoms with Crippen LogP contribution in [0, 0.1) is 13.8 Å². The van der Waals surface area contributed by atoms with E-state index >= 15 is 0 Å². The summed E-state index contributed by atoms with van der Waals surface area (Å²) in [4.78, 5) is 29.5. The Morgan fingerprint density at radius 2 is 1.77 bits per heavy atom. The van der Waals surface area contributed by atoms with Gasteiger partial charge in [-0.3, -0.25) is 9.59 Å². The standard InChI is InChI=1S/C25H30N2O4/c1-6-31-20-12-11-19(15-17(20)3)23(28)21-22(18-9-7-16(2)8-10-18)27(14-13-26(4)5)25(30)24(21)29/h7-12,15,22,28H,6,13-14H2,1-5H3/t22-/m1/s1. The van der Waals surface area contributed by atoms with Gasteiger partial charge in [-0.2, -0.15) is 0 Å². The average Bonchev–Trinajstić information content (AvgIpc) is 2.98. The van der Waals surface area contributed by atoms with Gasteiger partial charge in [-0.15, -0.1) is 0 Å². The first-order chi connectivity index (χ1) is 14.7. The fourth-order valence-electron chi connectivity index (χ4n) is 3.78. The van der Waals surface area contributed by atoms with Crippen LogP contribution in [0.3, 0.4) is 0 Å². The number of hydrogen-bond donors (Lipinski definition) is 1. The summed E-state index contributed by atoms with van der Waals surface area (Å²) in [5.74, 6) is -0.687. The van der Waals surface area contributed by atoms with Crippen molar-refractivity contribution in [1.29, 1.82) is 0 Å². The molecule has 0 aliphatic carbocycles. The van der Waals surface area contributed by atoms with Crippen molar-refractivity contribution in [1.82, 2.24) is 9.80 Å². The Hall–Kier alpha value is -3.12. The van der Waals surface area contributed by atoms with Crippen LogP contribution in [-0.2, 0) is 9.59 Å². The molecule has 1 N–H and O–H groups in total. The van der Waals surface area contributed by atoms with Crippen LogP contribution in [0.15, 0.2) is 48.0 Å². The maximum absolute atomic E-state index is 13.0. The van der Waals surface area contributed by atoms with E-state index in [1.165, 1.54) is 0 Å². The summed E-state index contributed by atoms with van der Waals surface area (Å²) in [6.07, 6.45) is 0. The van der Waals surface area contributed by atoms with Crippen LogP contribution in [0.4, 0.5) is 0 Å². The Balaban J connectivity index is 2.12. The number of amides is 1. The molecule has 2 aromatic rings. The molecule has 3 rings (SSSR count). The van der Waals surface area contributed by atoms with E-state index in [2.05, 4.69) is 0 Å². The van der Waals surface area contributed by atoms with Crippen molar-refractivity contribution in [3.8, 4) is 5.75 Å². The molecule has 0 unspecified atom stereocenters. The first kappa shape index (κ1) is 22.6. The molecule has 0 aromatic heterocycles. The van der Waals surface area contributed by atoms with E-state index in [1.807, 2.05) is 64.0 Å². The third-order valence-corrected chi connectivity index (χ3v) is 5.47. The van der Waals surface area contributed by atoms with E-state index in [9.17, 15) is 14.7 Å². The van der Waals surface area contributed by atoms with Crippen molar-refractivity contribution in [2.75, 3.05) is 33.8 Å². The molecule has 0 bridgehead atoms. The van der Waals surface area contributed by atoms with E-state index < -0.39 is 17.7 Å². The fourth-order valence-corrected chi connectivity index (χ4v) is 3.78. The Labute approximate surface area is 183 Å². The van der Waals surface area contributed by atoms with Crippen molar-refractivity contribution in [3.63, 3.8) is 0 Å². The monoisotopic (exact) mass is 422 g/mol. The van der Waals surface area contributed by atoms with Crippen molar-refractivity contribution in [3.05, 3.63) is 70.3 Å². The normalized spacial score (nSPS) is 18.1. The maximum Gasteiger partial charge on any atom is 0.295 e. The predicted octanol–water partition coefficient (Wildman–Crippen LogP) is 3.69. The second kappa shape index (κ2) is 9.35. The van der Waals surface area contributed by atoms with Crippen molar-refractivity contribution < 1.29 is 19.4 Å². The van der Waals surface area contributed by atoms with Crippen LogP contribution in [0.1, 0.15) is 35.2 Å². The Morgan fingerprint density at radius 3 is 2.35 bits per heavy atom. The van der Waals surface area contributed by atoms with Crippen molar-refractivity contribution in [2.45, 2.75) is 26.8 Å². The van der Waals surface area contributed by atoms with Crippen LogP contribution >= 0.6 is 0 Å². The van der Waals surface area contributed by atoms with Crippen molar-refractivity contribution >= 4 is 17.4 Å². The third-order valence-electron chi connectivity index (χ3n) is 5.47. The topological polar surface area (TPSA) is 70.1 Å². The number of aliphatic hydroxyl groups is 1. The summed E-state index contributed by atoms with van der Waals surface area (Å²) in [7, 11) is 3.83. The lowest BCUT2D eigenvalue weighted by Gasteiger charge is -2.26. The molecule has 6 nitrogen and oxygen atoms in total. The zero-order valence-electron chi connectivity index (χ0n) is 18.8. The van der Waals surface area contributed by atoms with Gasteiger partial charge in [-0.05, 0) is 64.2 Å². The highest BCUT2D eigenvalue weighted by molar-refractivity contribution is 6.46. The van der Waals surface area contributed by atoms with Crippen LogP contribution in [-0.4, -0.2) is 60.4 Å². The number of ether oxygens (including phenoxy) is 1. The molecule has 0 radical (unpaired) electrons. The first-order valence-electron chi connectivity index (χ1n) is 10.5. The molecule has 2 aromatic carbocycles. The zero-order valence-corrected chi connectivity index (χ0v) is 18.8. The number of carbonyl (C=O) groups is 2. The van der Waals surface area contributed by atoms with Crippen LogP contribution in [0.2, 0.25) is 0 Å². The highest BCUT2D eigenvalue weighted by Gasteiger charge is 2.45. The molecule has 31 heavy (non-hydrogen) atoms. The molecule has 1 fully saturated rings. The Bertz CT molecular complexity index is 1010. The van der Waals surface area contributed by atoms with Gasteiger partial charge in [0.25, 0.3) is 11.7 Å². The number of likely N-dealkylation sites (N-methyl/N-ethyl adjacent to an activating group) is 1. The van der Waals surface area contributed by atoms with Crippen molar-refractivity contribution in [2.24, 2.45) is 0 Å². The molecule has 1 atom stereocenters. The number of carbonyl (C=O) groups excluding carboxylic acids is 2. The minimum atomic E-state index is -0.659. The van der Waals surface area contributed by atoms with Crippen LogP contribution in [0.5, 0.6) is 5.75 Å². The molecular weight excluding hydrogens is 392 g/mol. The molecule has 1 aliphatic heterocycles. The van der Waals surface area contributed by atoms with Gasteiger partial charge in [0.1, 0.15) is 11.5 Å². The van der Waals surface area contributed by atoms with E-state index in [0.29, 0.717) is 25.3 Å². The van der Waals surface area contributed by atoms with Gasteiger partial charge >= 0.3 is 0 Å². The van der Waals surface area contributed by atoms with Gasteiger partial charge in [-0.1, -0.05) is 29.8 Å². The first-order valence-corrected chi connectivity index (χ1v) is 10.5. The molecule has 164 valence electrons. The number of rotatable bonds is 7. The van der Waals surface area contributed by atoms with Gasteiger partial charge in [0.2, 0.25) is 0 Å². The molecule has 0 spiro atoms. The number of benzene rings is 2.